The van der Waals surface area contributed by atoms with Crippen LogP contribution in [0, 0.1) is 0 Å². The van der Waals surface area contributed by atoms with E-state index in [1.54, 1.807) is 24.0 Å². The van der Waals surface area contributed by atoms with Crippen LogP contribution in [0.4, 0.5) is 0 Å². The molecule has 2 saturated heterocycles. The van der Waals surface area contributed by atoms with Crippen molar-refractivity contribution in [2.75, 3.05) is 45.8 Å². The first-order chi connectivity index (χ1) is 13.3. The minimum absolute atomic E-state index is 0.0517. The number of halogens is 2. The fraction of sp³-hybridized carbons (Fsp3) is 0.526. The molecule has 0 aliphatic carbocycles. The molecule has 0 saturated carbocycles. The van der Waals surface area contributed by atoms with Crippen LogP contribution in [0.15, 0.2) is 18.2 Å². The van der Waals surface area contributed by atoms with E-state index in [0.29, 0.717) is 34.7 Å². The van der Waals surface area contributed by atoms with Gasteiger partial charge in [-0.15, -0.1) is 0 Å². The summed E-state index contributed by atoms with van der Waals surface area (Å²) < 4.78 is 0. The summed E-state index contributed by atoms with van der Waals surface area (Å²) in [6.07, 6.45) is 0.909. The molecule has 1 atom stereocenters. The molecular formula is C19H24Cl2N4O3. The molecule has 2 aliphatic rings. The first-order valence-corrected chi connectivity index (χ1v) is 10.1. The second-order valence-electron chi connectivity index (χ2n) is 7.14. The van der Waals surface area contributed by atoms with Crippen LogP contribution >= 0.6 is 23.2 Å². The van der Waals surface area contributed by atoms with Crippen molar-refractivity contribution in [1.29, 1.82) is 0 Å². The summed E-state index contributed by atoms with van der Waals surface area (Å²) in [4.78, 5) is 42.1. The normalized spacial score (nSPS) is 20.3. The van der Waals surface area contributed by atoms with Crippen molar-refractivity contribution < 1.29 is 14.4 Å². The van der Waals surface area contributed by atoms with Gasteiger partial charge < -0.3 is 15.1 Å². The number of carbonyl (C=O) groups is 3. The van der Waals surface area contributed by atoms with E-state index in [1.165, 1.54) is 6.07 Å². The molecule has 3 amide bonds. The van der Waals surface area contributed by atoms with E-state index in [2.05, 4.69) is 10.2 Å². The lowest BCUT2D eigenvalue weighted by Gasteiger charge is -2.37. The van der Waals surface area contributed by atoms with Gasteiger partial charge in [0.2, 0.25) is 11.8 Å². The van der Waals surface area contributed by atoms with Gasteiger partial charge in [-0.25, -0.2) is 0 Å². The fourth-order valence-corrected chi connectivity index (χ4v) is 3.97. The van der Waals surface area contributed by atoms with Crippen LogP contribution in [0.5, 0.6) is 0 Å². The lowest BCUT2D eigenvalue weighted by atomic mass is 10.2. The third kappa shape index (κ3) is 4.96. The number of piperazine rings is 1. The van der Waals surface area contributed by atoms with Gasteiger partial charge in [0.25, 0.3) is 5.91 Å². The van der Waals surface area contributed by atoms with Gasteiger partial charge in [0.05, 0.1) is 16.6 Å². The maximum atomic E-state index is 12.5. The number of nitrogens with zero attached hydrogens (tertiary/aromatic N) is 3. The maximum absolute atomic E-state index is 12.5. The molecule has 152 valence electrons. The highest BCUT2D eigenvalue weighted by atomic mass is 35.5. The Kier molecular flexibility index (Phi) is 6.80. The Bertz CT molecular complexity index is 766. The quantitative estimate of drug-likeness (QED) is 0.791. The van der Waals surface area contributed by atoms with E-state index < -0.39 is 0 Å². The lowest BCUT2D eigenvalue weighted by molar-refractivity contribution is -0.130. The first kappa shape index (κ1) is 20.9. The Morgan fingerprint density at radius 3 is 2.39 bits per heavy atom. The van der Waals surface area contributed by atoms with Gasteiger partial charge >= 0.3 is 0 Å². The number of carbonyl (C=O) groups excluding carboxylic acids is 3. The molecule has 1 unspecified atom stereocenters. The van der Waals surface area contributed by atoms with Gasteiger partial charge in [-0.2, -0.15) is 0 Å². The molecule has 0 radical (unpaired) electrons. The second-order valence-corrected chi connectivity index (χ2v) is 7.95. The topological polar surface area (TPSA) is 73.0 Å². The third-order valence-corrected chi connectivity index (χ3v) is 6.11. The van der Waals surface area contributed by atoms with Crippen molar-refractivity contribution in [1.82, 2.24) is 20.0 Å². The molecule has 2 aliphatic heterocycles. The van der Waals surface area contributed by atoms with Gasteiger partial charge in [-0.1, -0.05) is 23.2 Å². The van der Waals surface area contributed by atoms with E-state index in [0.717, 1.165) is 32.6 Å². The Balaban J connectivity index is 1.45. The number of benzene rings is 1. The maximum Gasteiger partial charge on any atom is 0.251 e. The number of hydrogen-bond acceptors (Lipinski definition) is 4. The summed E-state index contributed by atoms with van der Waals surface area (Å²) >= 11 is 11.8. The SMILES string of the molecule is CC(=O)N1CCN(C2CCN(C(=O)CNC(=O)c3ccc(Cl)c(Cl)c3)C2)CC1. The highest BCUT2D eigenvalue weighted by molar-refractivity contribution is 6.42. The van der Waals surface area contributed by atoms with Crippen molar-refractivity contribution in [2.24, 2.45) is 0 Å². The number of hydrogen-bond donors (Lipinski definition) is 1. The minimum atomic E-state index is -0.358. The predicted octanol–water partition coefficient (Wildman–Crippen LogP) is 1.49. The average Bonchev–Trinajstić information content (AvgIpc) is 3.18. The third-order valence-electron chi connectivity index (χ3n) is 5.37. The predicted molar refractivity (Wildman–Crippen MR) is 108 cm³/mol. The highest BCUT2D eigenvalue weighted by Gasteiger charge is 2.32. The number of nitrogens with one attached hydrogen (secondary N) is 1. The first-order valence-electron chi connectivity index (χ1n) is 9.35. The van der Waals surface area contributed by atoms with Crippen molar-refractivity contribution in [3.05, 3.63) is 33.8 Å². The van der Waals surface area contributed by atoms with Crippen LogP contribution in [-0.4, -0.2) is 84.3 Å². The number of likely N-dealkylation sites (tertiary alicyclic amines) is 1. The van der Waals surface area contributed by atoms with E-state index in [9.17, 15) is 14.4 Å². The van der Waals surface area contributed by atoms with Gasteiger partial charge in [-0.3, -0.25) is 19.3 Å². The van der Waals surface area contributed by atoms with E-state index in [1.807, 2.05) is 4.90 Å². The Morgan fingerprint density at radius 1 is 1.04 bits per heavy atom. The molecule has 2 heterocycles. The van der Waals surface area contributed by atoms with Gasteiger partial charge in [0.1, 0.15) is 0 Å². The lowest BCUT2D eigenvalue weighted by Crippen LogP contribution is -2.52. The number of amides is 3. The largest absolute Gasteiger partial charge is 0.343 e. The summed E-state index contributed by atoms with van der Waals surface area (Å²) in [6, 6.07) is 4.91. The molecular weight excluding hydrogens is 403 g/mol. The van der Waals surface area contributed by atoms with Crippen LogP contribution in [-0.2, 0) is 9.59 Å². The smallest absolute Gasteiger partial charge is 0.251 e. The summed E-state index contributed by atoms with van der Waals surface area (Å²) in [7, 11) is 0. The Hall–Kier alpha value is -1.83. The van der Waals surface area contributed by atoms with Crippen molar-refractivity contribution >= 4 is 40.9 Å². The van der Waals surface area contributed by atoms with Crippen LogP contribution in [0.3, 0.4) is 0 Å². The fourth-order valence-electron chi connectivity index (χ4n) is 3.68. The Labute approximate surface area is 174 Å². The standard InChI is InChI=1S/C19H24Cl2N4O3/c1-13(26)23-6-8-24(9-7-23)15-4-5-25(12-15)18(27)11-22-19(28)14-2-3-16(20)17(21)10-14/h2-3,10,15H,4-9,11-12H2,1H3,(H,22,28). The molecule has 0 spiro atoms. The van der Waals surface area contributed by atoms with Crippen LogP contribution in [0.25, 0.3) is 0 Å². The molecule has 0 bridgehead atoms. The second kappa shape index (κ2) is 9.11. The summed E-state index contributed by atoms with van der Waals surface area (Å²) in [5, 5.41) is 3.32. The zero-order valence-electron chi connectivity index (χ0n) is 15.8. The monoisotopic (exact) mass is 426 g/mol. The van der Waals surface area contributed by atoms with Crippen molar-refractivity contribution in [2.45, 2.75) is 19.4 Å². The Morgan fingerprint density at radius 2 is 1.75 bits per heavy atom. The number of rotatable bonds is 4. The zero-order valence-corrected chi connectivity index (χ0v) is 17.3. The molecule has 1 aromatic carbocycles. The molecule has 1 aromatic rings. The summed E-state index contributed by atoms with van der Waals surface area (Å²) in [5.41, 5.74) is 0.366. The molecule has 1 N–H and O–H groups in total. The molecule has 9 heteroatoms. The minimum Gasteiger partial charge on any atom is -0.343 e. The zero-order chi connectivity index (χ0) is 20.3. The molecule has 0 aromatic heterocycles. The molecule has 28 heavy (non-hydrogen) atoms. The molecule has 7 nitrogen and oxygen atoms in total. The van der Waals surface area contributed by atoms with E-state index in [4.69, 9.17) is 23.2 Å². The van der Waals surface area contributed by atoms with Crippen molar-refractivity contribution in [3.8, 4) is 0 Å². The summed E-state index contributed by atoms with van der Waals surface area (Å²) in [5.74, 6) is -0.345. The molecule has 2 fully saturated rings. The van der Waals surface area contributed by atoms with Gasteiger partial charge in [0, 0.05) is 57.8 Å². The van der Waals surface area contributed by atoms with Crippen LogP contribution in [0.1, 0.15) is 23.7 Å². The molecule has 3 rings (SSSR count). The van der Waals surface area contributed by atoms with E-state index >= 15 is 0 Å². The highest BCUT2D eigenvalue weighted by Crippen LogP contribution is 2.22. The van der Waals surface area contributed by atoms with Crippen LogP contribution in [0.2, 0.25) is 10.0 Å². The van der Waals surface area contributed by atoms with Gasteiger partial charge in [0.15, 0.2) is 0 Å². The van der Waals surface area contributed by atoms with Crippen molar-refractivity contribution in [3.63, 3.8) is 0 Å². The van der Waals surface area contributed by atoms with Crippen LogP contribution < -0.4 is 5.32 Å². The van der Waals surface area contributed by atoms with Gasteiger partial charge in [-0.05, 0) is 24.6 Å². The average molecular weight is 427 g/mol. The summed E-state index contributed by atoms with van der Waals surface area (Å²) in [6.45, 7) is 6.02. The van der Waals surface area contributed by atoms with E-state index in [-0.39, 0.29) is 24.3 Å².